The number of pyridine rings is 1. The van der Waals surface area contributed by atoms with Crippen molar-refractivity contribution in [2.75, 3.05) is 32.8 Å². The molecule has 1 saturated heterocycles. The number of ether oxygens (including phenoxy) is 1. The summed E-state index contributed by atoms with van der Waals surface area (Å²) >= 11 is 0. The average Bonchev–Trinajstić information content (AvgIpc) is 2.89. The van der Waals surface area contributed by atoms with Crippen LogP contribution in [0.1, 0.15) is 13.8 Å². The van der Waals surface area contributed by atoms with Crippen molar-refractivity contribution in [3.63, 3.8) is 0 Å². The minimum atomic E-state index is -0.317. The van der Waals surface area contributed by atoms with Gasteiger partial charge in [0.15, 0.2) is 5.65 Å². The van der Waals surface area contributed by atoms with Gasteiger partial charge in [0.05, 0.1) is 12.7 Å². The molecular weight excluding hydrogens is 322 g/mol. The van der Waals surface area contributed by atoms with Gasteiger partial charge in [0.25, 0.3) is 0 Å². The molecule has 2 aromatic rings. The van der Waals surface area contributed by atoms with Crippen molar-refractivity contribution >= 4 is 11.6 Å². The second-order valence-corrected chi connectivity index (χ2v) is 6.82. The number of hydrogen-bond donors (Lipinski definition) is 1. The summed E-state index contributed by atoms with van der Waals surface area (Å²) in [5, 5.41) is 7.01. The molecule has 3 heterocycles. The van der Waals surface area contributed by atoms with E-state index in [-0.39, 0.29) is 24.2 Å². The van der Waals surface area contributed by atoms with Gasteiger partial charge in [0.2, 0.25) is 5.91 Å². The van der Waals surface area contributed by atoms with E-state index in [2.05, 4.69) is 29.2 Å². The van der Waals surface area contributed by atoms with Gasteiger partial charge in [-0.25, -0.2) is 9.48 Å². The predicted octanol–water partition coefficient (Wildman–Crippen LogP) is -0.0310. The number of aromatic nitrogens is 3. The van der Waals surface area contributed by atoms with Crippen molar-refractivity contribution < 1.29 is 9.53 Å². The lowest BCUT2D eigenvalue weighted by molar-refractivity contribution is -0.123. The fourth-order valence-corrected chi connectivity index (χ4v) is 3.08. The number of nitrogens with one attached hydrogen (secondary N) is 1. The number of hydrogen-bond acceptors (Lipinski definition) is 5. The Morgan fingerprint density at radius 3 is 3.04 bits per heavy atom. The van der Waals surface area contributed by atoms with Gasteiger partial charge in [-0.2, -0.15) is 0 Å². The monoisotopic (exact) mass is 347 g/mol. The van der Waals surface area contributed by atoms with Crippen molar-refractivity contribution in [2.24, 2.45) is 5.92 Å². The van der Waals surface area contributed by atoms with Gasteiger partial charge in [-0.1, -0.05) is 19.9 Å². The van der Waals surface area contributed by atoms with E-state index in [0.717, 1.165) is 19.6 Å². The summed E-state index contributed by atoms with van der Waals surface area (Å²) in [7, 11) is 0. The van der Waals surface area contributed by atoms with Crippen molar-refractivity contribution in [2.45, 2.75) is 26.5 Å². The van der Waals surface area contributed by atoms with Crippen molar-refractivity contribution in [1.82, 2.24) is 24.4 Å². The first-order valence-electron chi connectivity index (χ1n) is 8.68. The molecule has 25 heavy (non-hydrogen) atoms. The number of carbonyl (C=O) groups excluding carboxylic acids is 1. The van der Waals surface area contributed by atoms with E-state index < -0.39 is 0 Å². The first-order valence-corrected chi connectivity index (χ1v) is 8.68. The molecule has 0 radical (unpaired) electrons. The Kier molecular flexibility index (Phi) is 5.50. The van der Waals surface area contributed by atoms with Gasteiger partial charge in [0, 0.05) is 32.4 Å². The third kappa shape index (κ3) is 4.46. The highest BCUT2D eigenvalue weighted by molar-refractivity contribution is 5.75. The quantitative estimate of drug-likeness (QED) is 0.794. The summed E-state index contributed by atoms with van der Waals surface area (Å²) in [5.74, 6) is 0.366. The smallest absolute Gasteiger partial charge is 0.350 e. The summed E-state index contributed by atoms with van der Waals surface area (Å²) in [5.41, 5.74) is 0.211. The zero-order valence-corrected chi connectivity index (χ0v) is 14.7. The first-order chi connectivity index (χ1) is 12.0. The molecule has 1 aliphatic rings. The Balaban J connectivity index is 1.52. The molecule has 1 aliphatic heterocycles. The van der Waals surface area contributed by atoms with E-state index >= 15 is 0 Å². The highest BCUT2D eigenvalue weighted by Crippen LogP contribution is 2.07. The van der Waals surface area contributed by atoms with Gasteiger partial charge in [-0.3, -0.25) is 14.1 Å². The zero-order chi connectivity index (χ0) is 17.8. The number of nitrogens with zero attached hydrogens (tertiary/aromatic N) is 4. The number of rotatable bonds is 6. The van der Waals surface area contributed by atoms with Crippen LogP contribution in [0.4, 0.5) is 0 Å². The largest absolute Gasteiger partial charge is 0.374 e. The molecule has 1 atom stereocenters. The summed E-state index contributed by atoms with van der Waals surface area (Å²) in [6.45, 7) is 8.19. The Bertz CT molecular complexity index is 782. The molecule has 1 fully saturated rings. The van der Waals surface area contributed by atoms with E-state index in [0.29, 0.717) is 24.7 Å². The molecule has 1 N–H and O–H groups in total. The lowest BCUT2D eigenvalue weighted by atomic mass is 10.2. The van der Waals surface area contributed by atoms with E-state index in [4.69, 9.17) is 4.74 Å². The predicted molar refractivity (Wildman–Crippen MR) is 93.5 cm³/mol. The third-order valence-electron chi connectivity index (χ3n) is 4.15. The molecule has 0 unspecified atom stereocenters. The van der Waals surface area contributed by atoms with Crippen molar-refractivity contribution in [3.05, 3.63) is 34.9 Å². The molecule has 0 aliphatic carbocycles. The fourth-order valence-electron chi connectivity index (χ4n) is 3.08. The number of fused-ring (bicyclic) bond motifs is 1. The number of amides is 1. The molecule has 136 valence electrons. The Morgan fingerprint density at radius 2 is 2.28 bits per heavy atom. The maximum Gasteiger partial charge on any atom is 0.350 e. The molecule has 3 rings (SSSR count). The average molecular weight is 347 g/mol. The highest BCUT2D eigenvalue weighted by Gasteiger charge is 2.21. The molecule has 2 aromatic heterocycles. The lowest BCUT2D eigenvalue weighted by Crippen LogP contribution is -2.48. The first kappa shape index (κ1) is 17.6. The molecule has 0 aromatic carbocycles. The van der Waals surface area contributed by atoms with Crippen LogP contribution in [0.2, 0.25) is 0 Å². The fraction of sp³-hybridized carbons (Fsp3) is 0.588. The maximum atomic E-state index is 12.2. The van der Waals surface area contributed by atoms with E-state index in [1.54, 1.807) is 24.4 Å². The van der Waals surface area contributed by atoms with Crippen LogP contribution in [0.3, 0.4) is 0 Å². The van der Waals surface area contributed by atoms with Crippen LogP contribution in [0.5, 0.6) is 0 Å². The molecule has 8 heteroatoms. The topological polar surface area (TPSA) is 80.9 Å². The van der Waals surface area contributed by atoms with Crippen molar-refractivity contribution in [1.29, 1.82) is 0 Å². The van der Waals surface area contributed by atoms with Crippen LogP contribution in [0.25, 0.3) is 5.65 Å². The van der Waals surface area contributed by atoms with Crippen LogP contribution < -0.4 is 11.0 Å². The lowest BCUT2D eigenvalue weighted by Gasteiger charge is -2.33. The zero-order valence-electron chi connectivity index (χ0n) is 14.7. The molecule has 0 spiro atoms. The van der Waals surface area contributed by atoms with Crippen LogP contribution in [0, 0.1) is 5.92 Å². The van der Waals surface area contributed by atoms with Crippen LogP contribution in [0.15, 0.2) is 29.2 Å². The van der Waals surface area contributed by atoms with Gasteiger partial charge < -0.3 is 10.1 Å². The Labute approximate surface area is 146 Å². The van der Waals surface area contributed by atoms with Gasteiger partial charge in [0.1, 0.15) is 6.54 Å². The summed E-state index contributed by atoms with van der Waals surface area (Å²) < 4.78 is 8.31. The Morgan fingerprint density at radius 1 is 1.44 bits per heavy atom. The summed E-state index contributed by atoms with van der Waals surface area (Å²) in [6, 6.07) is 5.29. The van der Waals surface area contributed by atoms with Gasteiger partial charge in [-0.05, 0) is 18.1 Å². The van der Waals surface area contributed by atoms with Crippen LogP contribution in [-0.4, -0.2) is 63.9 Å². The standard InChI is InChI=1S/C17H25N5O3/c1-13(2)10-20-7-8-25-14(11-20)9-18-16(23)12-22-17(24)21-6-4-3-5-15(21)19-22/h3-6,13-14H,7-12H2,1-2H3,(H,18,23)/t14-/m1/s1. The third-order valence-corrected chi connectivity index (χ3v) is 4.15. The number of carbonyl (C=O) groups is 1. The van der Waals surface area contributed by atoms with Crippen molar-refractivity contribution in [3.8, 4) is 0 Å². The number of morpholine rings is 1. The maximum absolute atomic E-state index is 12.2. The van der Waals surface area contributed by atoms with E-state index in [9.17, 15) is 9.59 Å². The minimum absolute atomic E-state index is 0.0192. The Hall–Kier alpha value is -2.19. The summed E-state index contributed by atoms with van der Waals surface area (Å²) in [6.07, 6.45) is 1.62. The molecule has 1 amide bonds. The van der Waals surface area contributed by atoms with Gasteiger partial charge >= 0.3 is 5.69 Å². The SMILES string of the molecule is CC(C)CN1CCO[C@H](CNC(=O)Cn2nc3ccccn3c2=O)C1. The molecule has 0 bridgehead atoms. The van der Waals surface area contributed by atoms with E-state index in [1.165, 1.54) is 9.08 Å². The molecule has 8 nitrogen and oxygen atoms in total. The molecule has 0 saturated carbocycles. The molecular formula is C17H25N5O3. The normalized spacial score (nSPS) is 18.8. The van der Waals surface area contributed by atoms with Crippen LogP contribution >= 0.6 is 0 Å². The highest BCUT2D eigenvalue weighted by atomic mass is 16.5. The van der Waals surface area contributed by atoms with Gasteiger partial charge in [-0.15, -0.1) is 5.10 Å². The minimum Gasteiger partial charge on any atom is -0.374 e. The van der Waals surface area contributed by atoms with Crippen LogP contribution in [-0.2, 0) is 16.1 Å². The van der Waals surface area contributed by atoms with E-state index in [1.807, 2.05) is 0 Å². The summed E-state index contributed by atoms with van der Waals surface area (Å²) in [4.78, 5) is 26.7. The second-order valence-electron chi connectivity index (χ2n) is 6.82. The second kappa shape index (κ2) is 7.79.